The van der Waals surface area contributed by atoms with Crippen molar-refractivity contribution >= 4 is 29.2 Å². The molecule has 7 nitrogen and oxygen atoms in total. The van der Waals surface area contributed by atoms with Crippen LogP contribution in [0.2, 0.25) is 0 Å². The van der Waals surface area contributed by atoms with Crippen molar-refractivity contribution in [1.82, 2.24) is 0 Å². The van der Waals surface area contributed by atoms with Crippen molar-refractivity contribution in [2.24, 2.45) is 0 Å². The molecule has 0 N–H and O–H groups in total. The van der Waals surface area contributed by atoms with Gasteiger partial charge < -0.3 is 4.90 Å². The molecular weight excluding hydrogens is 875 g/mol. The van der Waals surface area contributed by atoms with Crippen molar-refractivity contribution in [2.45, 2.75) is 271 Å². The number of nitro benzene ring substituents is 2. The number of benzene rings is 3. The van der Waals surface area contributed by atoms with Gasteiger partial charge in [-0.05, 0) is 53.3 Å². The Balaban J connectivity index is 1.35. The second kappa shape index (κ2) is 42.5. The van der Waals surface area contributed by atoms with E-state index in [4.69, 9.17) is 0 Å². The summed E-state index contributed by atoms with van der Waals surface area (Å²) < 4.78 is 0. The zero-order valence-electron chi connectivity index (χ0n) is 45.7. The maximum atomic E-state index is 11.4. The van der Waals surface area contributed by atoms with Crippen LogP contribution in [0, 0.1) is 20.2 Å². The molecule has 398 valence electrons. The number of hydrogen-bond donors (Lipinski definition) is 0. The second-order valence-corrected chi connectivity index (χ2v) is 21.2. The van der Waals surface area contributed by atoms with E-state index >= 15 is 0 Å². The molecular formula is C64H103N3O4. The fourth-order valence-corrected chi connectivity index (χ4v) is 10.3. The Hall–Kier alpha value is -4.00. The van der Waals surface area contributed by atoms with Crippen LogP contribution in [0.3, 0.4) is 0 Å². The molecule has 71 heavy (non-hydrogen) atoms. The first-order valence-corrected chi connectivity index (χ1v) is 30.0. The van der Waals surface area contributed by atoms with Crippen molar-refractivity contribution in [3.05, 3.63) is 98.1 Å². The van der Waals surface area contributed by atoms with Crippen LogP contribution in [0.5, 0.6) is 0 Å². The first-order chi connectivity index (χ1) is 34.9. The number of hydrogen-bond acceptors (Lipinski definition) is 5. The van der Waals surface area contributed by atoms with Crippen LogP contribution in [0.25, 0.3) is 23.3 Å². The van der Waals surface area contributed by atoms with Crippen LogP contribution < -0.4 is 4.90 Å². The van der Waals surface area contributed by atoms with Crippen LogP contribution in [-0.2, 0) is 0 Å². The molecule has 0 atom stereocenters. The molecule has 3 aromatic rings. The van der Waals surface area contributed by atoms with Crippen molar-refractivity contribution in [2.75, 3.05) is 18.0 Å². The third-order valence-corrected chi connectivity index (χ3v) is 14.9. The maximum Gasteiger partial charge on any atom is 0.346 e. The monoisotopic (exact) mass is 978 g/mol. The van der Waals surface area contributed by atoms with Crippen molar-refractivity contribution < 1.29 is 9.85 Å². The van der Waals surface area contributed by atoms with Gasteiger partial charge in [0.25, 0.3) is 0 Å². The number of nitro groups is 2. The lowest BCUT2D eigenvalue weighted by Crippen LogP contribution is -2.25. The van der Waals surface area contributed by atoms with Gasteiger partial charge in [0.15, 0.2) is 0 Å². The van der Waals surface area contributed by atoms with E-state index in [1.54, 1.807) is 6.08 Å². The van der Waals surface area contributed by atoms with Crippen LogP contribution in [0.15, 0.2) is 66.7 Å². The SMILES string of the molecule is CCCCCCCCCCCCCCCCCCCCCCN(CCCCCCCCCCCCCCCCCCCCCC)c1ccc(-c2ccc(/C=C/c3ccc([N+](=O)[O-])c([N+](=O)[O-])c3)cc2)cc1. The summed E-state index contributed by atoms with van der Waals surface area (Å²) >= 11 is 0. The molecule has 0 spiro atoms. The maximum absolute atomic E-state index is 11.4. The van der Waals surface area contributed by atoms with Gasteiger partial charge in [-0.1, -0.05) is 306 Å². The summed E-state index contributed by atoms with van der Waals surface area (Å²) in [5, 5.41) is 22.6. The lowest BCUT2D eigenvalue weighted by Gasteiger charge is -2.25. The highest BCUT2D eigenvalue weighted by molar-refractivity contribution is 5.74. The van der Waals surface area contributed by atoms with E-state index in [9.17, 15) is 20.2 Å². The summed E-state index contributed by atoms with van der Waals surface area (Å²) in [6.07, 6.45) is 59.9. The minimum Gasteiger partial charge on any atom is -0.372 e. The van der Waals surface area contributed by atoms with Crippen molar-refractivity contribution in [1.29, 1.82) is 0 Å². The highest BCUT2D eigenvalue weighted by atomic mass is 16.6. The molecule has 0 saturated heterocycles. The minimum atomic E-state index is -0.721. The minimum absolute atomic E-state index is 0.502. The highest BCUT2D eigenvalue weighted by Gasteiger charge is 2.23. The standard InChI is InChI=1S/C64H103N3O4/c1-3-5-7-9-11-13-15-17-19-21-23-25-27-29-31-33-35-37-39-41-55-65(56-42-40-38-36-34-32-30-28-26-24-22-20-18-16-14-12-10-8-6-4-2)62-52-50-61(51-53-62)60-48-45-58(46-49-60)43-44-59-47-54-63(66(68)69)64(57-59)67(70)71/h43-54,57H,3-42,55-56H2,1-2H3/b44-43+. The van der Waals surface area contributed by atoms with E-state index in [1.807, 2.05) is 18.2 Å². The highest BCUT2D eigenvalue weighted by Crippen LogP contribution is 2.29. The van der Waals surface area contributed by atoms with Crippen LogP contribution in [-0.4, -0.2) is 22.9 Å². The lowest BCUT2D eigenvalue weighted by atomic mass is 10.0. The zero-order valence-corrected chi connectivity index (χ0v) is 45.7. The molecule has 0 saturated carbocycles. The number of anilines is 1. The molecule has 3 rings (SSSR count). The average Bonchev–Trinajstić information content (AvgIpc) is 3.38. The van der Waals surface area contributed by atoms with Gasteiger partial charge in [0.1, 0.15) is 0 Å². The Morgan fingerprint density at radius 2 is 0.606 bits per heavy atom. The molecule has 0 aromatic heterocycles. The summed E-state index contributed by atoms with van der Waals surface area (Å²) in [6.45, 7) is 6.84. The Kier molecular flexibility index (Phi) is 36.7. The third-order valence-electron chi connectivity index (χ3n) is 14.9. The van der Waals surface area contributed by atoms with E-state index in [2.05, 4.69) is 55.1 Å². The topological polar surface area (TPSA) is 89.5 Å². The Bertz CT molecular complexity index is 1730. The normalized spacial score (nSPS) is 11.5. The molecule has 0 aliphatic rings. The Labute approximate surface area is 435 Å². The third kappa shape index (κ3) is 30.6. The van der Waals surface area contributed by atoms with Gasteiger partial charge in [0.05, 0.1) is 9.85 Å². The van der Waals surface area contributed by atoms with Crippen molar-refractivity contribution in [3.63, 3.8) is 0 Å². The molecule has 0 amide bonds. The van der Waals surface area contributed by atoms with Crippen molar-refractivity contribution in [3.8, 4) is 11.1 Å². The van der Waals surface area contributed by atoms with E-state index in [0.29, 0.717) is 5.56 Å². The van der Waals surface area contributed by atoms with Crippen LogP contribution in [0.4, 0.5) is 17.1 Å². The van der Waals surface area contributed by atoms with E-state index < -0.39 is 21.2 Å². The van der Waals surface area contributed by atoms with E-state index in [1.165, 1.54) is 286 Å². The van der Waals surface area contributed by atoms with Crippen LogP contribution >= 0.6 is 0 Å². The van der Waals surface area contributed by atoms with Gasteiger partial charge in [0, 0.05) is 30.9 Å². The first kappa shape index (κ1) is 61.3. The average molecular weight is 979 g/mol. The van der Waals surface area contributed by atoms with Gasteiger partial charge in [-0.15, -0.1) is 0 Å². The molecule has 0 aliphatic carbocycles. The predicted octanol–water partition coefficient (Wildman–Crippen LogP) is 21.8. The largest absolute Gasteiger partial charge is 0.372 e. The van der Waals surface area contributed by atoms with Gasteiger partial charge >= 0.3 is 11.4 Å². The molecule has 0 heterocycles. The molecule has 3 aromatic carbocycles. The molecule has 0 bridgehead atoms. The number of rotatable bonds is 48. The van der Waals surface area contributed by atoms with Gasteiger partial charge in [-0.3, -0.25) is 20.2 Å². The Morgan fingerprint density at radius 1 is 0.338 bits per heavy atom. The van der Waals surface area contributed by atoms with Gasteiger partial charge in [0.2, 0.25) is 0 Å². The quantitative estimate of drug-likeness (QED) is 0.0243. The summed E-state index contributed by atoms with van der Waals surface area (Å²) in [6, 6.07) is 21.3. The molecule has 0 aliphatic heterocycles. The number of unbranched alkanes of at least 4 members (excludes halogenated alkanes) is 38. The lowest BCUT2D eigenvalue weighted by molar-refractivity contribution is -0.422. The van der Waals surface area contributed by atoms with E-state index in [0.717, 1.165) is 24.2 Å². The van der Waals surface area contributed by atoms with Gasteiger partial charge in [-0.25, -0.2) is 0 Å². The Morgan fingerprint density at radius 3 is 0.915 bits per heavy atom. The van der Waals surface area contributed by atoms with E-state index in [-0.39, 0.29) is 0 Å². The second-order valence-electron chi connectivity index (χ2n) is 21.2. The molecule has 0 radical (unpaired) electrons. The predicted molar refractivity (Wildman–Crippen MR) is 309 cm³/mol. The summed E-state index contributed by atoms with van der Waals surface area (Å²) in [4.78, 5) is 23.8. The molecule has 0 unspecified atom stereocenters. The summed E-state index contributed by atoms with van der Waals surface area (Å²) in [5.41, 5.74) is 4.11. The molecule has 7 heteroatoms. The summed E-state index contributed by atoms with van der Waals surface area (Å²) in [5.74, 6) is 0. The molecule has 0 fully saturated rings. The number of nitrogens with zero attached hydrogens (tertiary/aromatic N) is 3. The fourth-order valence-electron chi connectivity index (χ4n) is 10.3. The van der Waals surface area contributed by atoms with Crippen LogP contribution in [0.1, 0.15) is 282 Å². The summed E-state index contributed by atoms with van der Waals surface area (Å²) in [7, 11) is 0. The smallest absolute Gasteiger partial charge is 0.346 e. The first-order valence-electron chi connectivity index (χ1n) is 30.0. The zero-order chi connectivity index (χ0) is 50.7. The fraction of sp³-hybridized carbons (Fsp3) is 0.688. The van der Waals surface area contributed by atoms with Gasteiger partial charge in [-0.2, -0.15) is 0 Å².